The highest BCUT2D eigenvalue weighted by Crippen LogP contribution is 2.37. The summed E-state index contributed by atoms with van der Waals surface area (Å²) in [5.41, 5.74) is 11.8. The molecule has 1 atom stereocenters. The van der Waals surface area contributed by atoms with Crippen molar-refractivity contribution >= 4 is 34.7 Å². The second-order valence-corrected chi connectivity index (χ2v) is 8.20. The van der Waals surface area contributed by atoms with E-state index in [0.29, 0.717) is 28.3 Å². The van der Waals surface area contributed by atoms with E-state index in [1.165, 1.54) is 7.11 Å². The number of amides is 1. The lowest BCUT2D eigenvalue weighted by molar-refractivity contribution is -0.115. The van der Waals surface area contributed by atoms with Gasteiger partial charge in [-0.2, -0.15) is 0 Å². The summed E-state index contributed by atoms with van der Waals surface area (Å²) in [6.07, 6.45) is 0. The summed E-state index contributed by atoms with van der Waals surface area (Å²) in [6, 6.07) is 20.4. The topological polar surface area (TPSA) is 97.0 Å². The highest BCUT2D eigenvalue weighted by atomic mass is 16.5. The van der Waals surface area contributed by atoms with Gasteiger partial charge in [0.25, 0.3) is 0 Å². The second kappa shape index (κ2) is 9.26. The number of aliphatic imine (C=N–C) groups is 1. The zero-order valence-corrected chi connectivity index (χ0v) is 18.8. The number of carbonyl (C=O) groups is 2. The number of carbonyl (C=O) groups excluding carboxylic acids is 2. The van der Waals surface area contributed by atoms with E-state index in [4.69, 9.17) is 15.5 Å². The van der Waals surface area contributed by atoms with Gasteiger partial charge in [-0.25, -0.2) is 4.79 Å². The quantitative estimate of drug-likeness (QED) is 0.342. The van der Waals surface area contributed by atoms with Crippen LogP contribution >= 0.6 is 0 Å². The molecule has 0 aromatic heterocycles. The van der Waals surface area contributed by atoms with E-state index in [0.717, 1.165) is 23.2 Å². The Kier molecular flexibility index (Phi) is 6.24. The van der Waals surface area contributed by atoms with Crippen LogP contribution in [0.4, 0.5) is 17.1 Å². The van der Waals surface area contributed by atoms with Crippen molar-refractivity contribution in [3.63, 3.8) is 0 Å². The first-order chi connectivity index (χ1) is 15.9. The molecular weight excluding hydrogens is 416 g/mol. The van der Waals surface area contributed by atoms with E-state index in [9.17, 15) is 9.59 Å². The van der Waals surface area contributed by atoms with Crippen molar-refractivity contribution < 1.29 is 14.3 Å². The van der Waals surface area contributed by atoms with E-state index in [2.05, 4.69) is 5.32 Å². The van der Waals surface area contributed by atoms with Crippen LogP contribution < -0.4 is 11.1 Å². The normalized spacial score (nSPS) is 15.3. The molecule has 1 aliphatic heterocycles. The predicted molar refractivity (Wildman–Crippen MR) is 130 cm³/mol. The molecule has 0 saturated carbocycles. The van der Waals surface area contributed by atoms with E-state index >= 15 is 0 Å². The van der Waals surface area contributed by atoms with Crippen LogP contribution in [0.1, 0.15) is 33.0 Å². The van der Waals surface area contributed by atoms with Crippen molar-refractivity contribution in [2.75, 3.05) is 32.3 Å². The second-order valence-electron chi connectivity index (χ2n) is 8.20. The molecule has 1 aliphatic rings. The van der Waals surface area contributed by atoms with Crippen molar-refractivity contribution in [1.29, 1.82) is 0 Å². The van der Waals surface area contributed by atoms with Crippen LogP contribution in [0.5, 0.6) is 0 Å². The number of hydrogen-bond donors (Lipinski definition) is 2. The van der Waals surface area contributed by atoms with Gasteiger partial charge in [-0.1, -0.05) is 42.5 Å². The lowest BCUT2D eigenvalue weighted by Crippen LogP contribution is -2.22. The molecular formula is C26H26N4O3. The predicted octanol–water partition coefficient (Wildman–Crippen LogP) is 3.97. The molecule has 7 nitrogen and oxygen atoms in total. The van der Waals surface area contributed by atoms with Crippen LogP contribution in [-0.4, -0.2) is 43.7 Å². The van der Waals surface area contributed by atoms with Crippen LogP contribution in [0.2, 0.25) is 0 Å². The van der Waals surface area contributed by atoms with Gasteiger partial charge < -0.3 is 20.7 Å². The smallest absolute Gasteiger partial charge is 0.337 e. The maximum absolute atomic E-state index is 13.1. The number of nitrogens with one attached hydrogen (secondary N) is 1. The van der Waals surface area contributed by atoms with Gasteiger partial charge in [0.2, 0.25) is 5.91 Å². The summed E-state index contributed by atoms with van der Waals surface area (Å²) in [6.45, 7) is 0.725. The maximum atomic E-state index is 13.1. The van der Waals surface area contributed by atoms with Gasteiger partial charge in [0, 0.05) is 17.9 Å². The van der Waals surface area contributed by atoms with Crippen molar-refractivity contribution in [3.8, 4) is 0 Å². The van der Waals surface area contributed by atoms with E-state index in [1.807, 2.05) is 67.5 Å². The average molecular weight is 443 g/mol. The fourth-order valence-corrected chi connectivity index (χ4v) is 3.96. The largest absolute Gasteiger partial charge is 0.465 e. The van der Waals surface area contributed by atoms with Gasteiger partial charge in [-0.05, 0) is 55.1 Å². The first kappa shape index (κ1) is 22.2. The molecule has 0 aliphatic carbocycles. The average Bonchev–Trinajstić information content (AvgIpc) is 3.13. The number of esters is 1. The fraction of sp³-hybridized carbons (Fsp3) is 0.192. The van der Waals surface area contributed by atoms with Crippen molar-refractivity contribution in [2.24, 2.45) is 4.99 Å². The summed E-state index contributed by atoms with van der Waals surface area (Å²) in [5, 5.41) is 2.89. The molecule has 1 heterocycles. The molecule has 1 unspecified atom stereocenters. The summed E-state index contributed by atoms with van der Waals surface area (Å²) >= 11 is 0. The van der Waals surface area contributed by atoms with Gasteiger partial charge in [0.1, 0.15) is 5.92 Å². The van der Waals surface area contributed by atoms with E-state index in [-0.39, 0.29) is 5.91 Å². The minimum atomic E-state index is -0.628. The van der Waals surface area contributed by atoms with Gasteiger partial charge in [0.05, 0.1) is 24.1 Å². The molecule has 0 bridgehead atoms. The molecule has 0 radical (unpaired) electrons. The number of benzene rings is 3. The lowest BCUT2D eigenvalue weighted by Gasteiger charge is -2.15. The number of anilines is 2. The molecule has 168 valence electrons. The molecule has 3 aromatic rings. The Morgan fingerprint density at radius 1 is 1.06 bits per heavy atom. The summed E-state index contributed by atoms with van der Waals surface area (Å²) < 4.78 is 4.80. The maximum Gasteiger partial charge on any atom is 0.337 e. The molecule has 7 heteroatoms. The van der Waals surface area contributed by atoms with Gasteiger partial charge in [-0.15, -0.1) is 0 Å². The molecule has 0 saturated heterocycles. The van der Waals surface area contributed by atoms with Crippen LogP contribution in [0, 0.1) is 0 Å². The number of ether oxygens (including phenoxy) is 1. The minimum absolute atomic E-state index is 0.202. The number of nitrogen functional groups attached to an aromatic ring is 1. The monoisotopic (exact) mass is 442 g/mol. The summed E-state index contributed by atoms with van der Waals surface area (Å²) in [4.78, 5) is 32.0. The molecule has 0 spiro atoms. The third kappa shape index (κ3) is 4.63. The van der Waals surface area contributed by atoms with Crippen LogP contribution in [-0.2, 0) is 16.1 Å². The number of nitrogens with zero attached hydrogens (tertiary/aromatic N) is 2. The zero-order valence-electron chi connectivity index (χ0n) is 18.8. The Morgan fingerprint density at radius 3 is 2.48 bits per heavy atom. The summed E-state index contributed by atoms with van der Waals surface area (Å²) in [7, 11) is 5.30. The number of methoxy groups -OCH3 is 1. The number of nitrogens with two attached hydrogens (primary N) is 1. The van der Waals surface area contributed by atoms with Gasteiger partial charge in [0.15, 0.2) is 0 Å². The van der Waals surface area contributed by atoms with Gasteiger partial charge >= 0.3 is 5.97 Å². The Labute approximate surface area is 192 Å². The van der Waals surface area contributed by atoms with Gasteiger partial charge in [-0.3, -0.25) is 9.79 Å². The Morgan fingerprint density at radius 2 is 1.82 bits per heavy atom. The first-order valence-electron chi connectivity index (χ1n) is 10.6. The molecule has 33 heavy (non-hydrogen) atoms. The highest BCUT2D eigenvalue weighted by molar-refractivity contribution is 6.24. The molecule has 0 fully saturated rings. The lowest BCUT2D eigenvalue weighted by atomic mass is 9.90. The summed E-state index contributed by atoms with van der Waals surface area (Å²) in [5.74, 6) is -1.29. The first-order valence-corrected chi connectivity index (χ1v) is 10.6. The molecule has 1 amide bonds. The third-order valence-electron chi connectivity index (χ3n) is 5.51. The Hall–Kier alpha value is -3.97. The van der Waals surface area contributed by atoms with Crippen molar-refractivity contribution in [2.45, 2.75) is 12.5 Å². The Bertz CT molecular complexity index is 1240. The van der Waals surface area contributed by atoms with E-state index in [1.54, 1.807) is 18.2 Å². The van der Waals surface area contributed by atoms with Crippen molar-refractivity contribution in [3.05, 3.63) is 89.0 Å². The van der Waals surface area contributed by atoms with Crippen LogP contribution in [0.25, 0.3) is 0 Å². The zero-order chi connectivity index (χ0) is 23.5. The molecule has 3 N–H and O–H groups in total. The minimum Gasteiger partial charge on any atom is -0.465 e. The van der Waals surface area contributed by atoms with Crippen LogP contribution in [0.3, 0.4) is 0 Å². The number of rotatable bonds is 6. The fourth-order valence-electron chi connectivity index (χ4n) is 3.96. The highest BCUT2D eigenvalue weighted by Gasteiger charge is 2.36. The third-order valence-corrected chi connectivity index (χ3v) is 5.51. The Balaban J connectivity index is 1.80. The molecule has 3 aromatic carbocycles. The molecule has 4 rings (SSSR count). The van der Waals surface area contributed by atoms with E-state index < -0.39 is 11.9 Å². The number of hydrogen-bond acceptors (Lipinski definition) is 6. The van der Waals surface area contributed by atoms with Crippen LogP contribution in [0.15, 0.2) is 71.7 Å². The standard InChI is InChI=1S/C26H26N4O3/c1-30(2)15-18-9-11-19(14-21(18)27)28-24(16-7-5-4-6-8-16)23-20-12-10-17(26(32)33-3)13-22(20)29-25(23)31/h4-14,23H,15,27H2,1-3H3,(H,29,31). The number of fused-ring (bicyclic) bond motifs is 1. The SMILES string of the molecule is COC(=O)c1ccc2c(c1)NC(=O)C2C(=Nc1ccc(CN(C)C)c(N)c1)c1ccccc1. The van der Waals surface area contributed by atoms with Crippen molar-refractivity contribution in [1.82, 2.24) is 4.90 Å².